The van der Waals surface area contributed by atoms with E-state index in [9.17, 15) is 45.6 Å². The van der Waals surface area contributed by atoms with E-state index >= 15 is 0 Å². The molecule has 352 valence electrons. The van der Waals surface area contributed by atoms with Crippen molar-refractivity contribution < 1.29 is 64.6 Å². The largest absolute Gasteiger partial charge is 0.394 e. The highest BCUT2D eigenvalue weighted by Gasteiger charge is 2.50. The van der Waals surface area contributed by atoms with Gasteiger partial charge in [-0.25, -0.2) is 0 Å². The summed E-state index contributed by atoms with van der Waals surface area (Å²) in [5, 5.41) is 85.5. The predicted molar refractivity (Wildman–Crippen MR) is 231 cm³/mol. The van der Waals surface area contributed by atoms with Gasteiger partial charge in [-0.3, -0.25) is 4.79 Å². The smallest absolute Gasteiger partial charge is 0.220 e. The molecule has 2 fully saturated rings. The van der Waals surface area contributed by atoms with Gasteiger partial charge in [-0.1, -0.05) is 154 Å². The van der Waals surface area contributed by atoms with Crippen molar-refractivity contribution in [3.05, 3.63) is 24.3 Å². The number of aliphatic hydroxyl groups is 8. The van der Waals surface area contributed by atoms with Gasteiger partial charge in [0, 0.05) is 6.42 Å². The Kier molecular flexibility index (Phi) is 30.9. The molecule has 0 aromatic rings. The summed E-state index contributed by atoms with van der Waals surface area (Å²) in [6, 6.07) is -0.922. The Morgan fingerprint density at radius 3 is 1.60 bits per heavy atom. The van der Waals surface area contributed by atoms with Crippen LogP contribution >= 0.6 is 0 Å². The number of aliphatic hydroxyl groups excluding tert-OH is 8. The number of hydrogen-bond donors (Lipinski definition) is 9. The third-order valence-electron chi connectivity index (χ3n) is 11.6. The van der Waals surface area contributed by atoms with Crippen LogP contribution < -0.4 is 5.32 Å². The van der Waals surface area contributed by atoms with E-state index in [1.807, 2.05) is 13.0 Å². The van der Waals surface area contributed by atoms with Crippen molar-refractivity contribution in [2.75, 3.05) is 19.8 Å². The first kappa shape index (κ1) is 54.6. The Hall–Kier alpha value is -1.53. The van der Waals surface area contributed by atoms with Crippen molar-refractivity contribution in [1.82, 2.24) is 5.32 Å². The molecule has 2 aliphatic rings. The van der Waals surface area contributed by atoms with Crippen LogP contribution in [0.15, 0.2) is 24.3 Å². The average molecular weight is 860 g/mol. The van der Waals surface area contributed by atoms with E-state index in [4.69, 9.17) is 18.9 Å². The van der Waals surface area contributed by atoms with Crippen molar-refractivity contribution in [1.29, 1.82) is 0 Å². The normalized spacial score (nSPS) is 28.4. The summed E-state index contributed by atoms with van der Waals surface area (Å²) in [4.78, 5) is 12.5. The zero-order chi connectivity index (χ0) is 44.0. The van der Waals surface area contributed by atoms with Gasteiger partial charge >= 0.3 is 0 Å². The Bertz CT molecular complexity index is 1110. The zero-order valence-corrected chi connectivity index (χ0v) is 36.9. The molecule has 0 saturated carbocycles. The highest BCUT2D eigenvalue weighted by atomic mass is 16.7. The van der Waals surface area contributed by atoms with Crippen LogP contribution in [0, 0.1) is 0 Å². The topological polar surface area (TPSA) is 228 Å². The van der Waals surface area contributed by atoms with Crippen LogP contribution in [0.3, 0.4) is 0 Å². The maximum atomic E-state index is 12.5. The minimum absolute atomic E-state index is 0.224. The molecule has 0 radical (unpaired) electrons. The van der Waals surface area contributed by atoms with Crippen molar-refractivity contribution in [2.45, 2.75) is 242 Å². The Labute approximate surface area is 360 Å². The molecule has 2 saturated heterocycles. The summed E-state index contributed by atoms with van der Waals surface area (Å²) in [5.74, 6) is -0.303. The molecule has 2 aliphatic heterocycles. The summed E-state index contributed by atoms with van der Waals surface area (Å²) >= 11 is 0. The summed E-state index contributed by atoms with van der Waals surface area (Å²) < 4.78 is 22.4. The molecule has 60 heavy (non-hydrogen) atoms. The van der Waals surface area contributed by atoms with Crippen LogP contribution in [0.25, 0.3) is 0 Å². The van der Waals surface area contributed by atoms with E-state index in [1.165, 1.54) is 122 Å². The minimum atomic E-state index is -1.79. The molecule has 9 N–H and O–H groups in total. The van der Waals surface area contributed by atoms with Crippen LogP contribution in [0.4, 0.5) is 0 Å². The summed E-state index contributed by atoms with van der Waals surface area (Å²) in [5.41, 5.74) is 0. The molecule has 0 aromatic heterocycles. The van der Waals surface area contributed by atoms with Gasteiger partial charge in [0.15, 0.2) is 12.6 Å². The van der Waals surface area contributed by atoms with Crippen LogP contribution in [-0.4, -0.2) is 140 Å². The number of carbonyl (C=O) groups is 1. The first-order chi connectivity index (χ1) is 29.1. The van der Waals surface area contributed by atoms with Gasteiger partial charge in [-0.05, 0) is 32.1 Å². The Morgan fingerprint density at radius 2 is 1.07 bits per heavy atom. The molecule has 14 nitrogen and oxygen atoms in total. The first-order valence-electron chi connectivity index (χ1n) is 23.6. The number of allylic oxidation sites excluding steroid dienone is 3. The zero-order valence-electron chi connectivity index (χ0n) is 36.9. The molecular weight excluding hydrogens is 775 g/mol. The van der Waals surface area contributed by atoms with E-state index < -0.39 is 86.8 Å². The van der Waals surface area contributed by atoms with Gasteiger partial charge in [0.05, 0.1) is 32.0 Å². The van der Waals surface area contributed by atoms with E-state index in [0.717, 1.165) is 12.8 Å². The molecule has 12 atom stereocenters. The summed E-state index contributed by atoms with van der Waals surface area (Å²) in [6.07, 6.45) is 20.1. The maximum Gasteiger partial charge on any atom is 0.220 e. The fourth-order valence-corrected chi connectivity index (χ4v) is 7.76. The molecule has 0 spiro atoms. The van der Waals surface area contributed by atoms with Crippen molar-refractivity contribution in [3.8, 4) is 0 Å². The van der Waals surface area contributed by atoms with Gasteiger partial charge in [-0.2, -0.15) is 0 Å². The lowest BCUT2D eigenvalue weighted by molar-refractivity contribution is -0.359. The second-order valence-corrected chi connectivity index (χ2v) is 16.9. The fourth-order valence-electron chi connectivity index (χ4n) is 7.76. The Balaban J connectivity index is 1.64. The molecule has 1 amide bonds. The van der Waals surface area contributed by atoms with Crippen LogP contribution in [0.1, 0.15) is 168 Å². The highest BCUT2D eigenvalue weighted by Crippen LogP contribution is 2.30. The number of carbonyl (C=O) groups excluding carboxylic acids is 1. The third kappa shape index (κ3) is 21.7. The van der Waals surface area contributed by atoms with Crippen molar-refractivity contribution in [2.24, 2.45) is 0 Å². The quantitative estimate of drug-likeness (QED) is 0.0303. The number of nitrogens with one attached hydrogen (secondary N) is 1. The van der Waals surface area contributed by atoms with Gasteiger partial charge < -0.3 is 65.1 Å². The van der Waals surface area contributed by atoms with Crippen molar-refractivity contribution in [3.63, 3.8) is 0 Å². The molecule has 0 bridgehead atoms. The lowest BCUT2D eigenvalue weighted by Crippen LogP contribution is -2.65. The molecule has 12 unspecified atom stereocenters. The average Bonchev–Trinajstić information content (AvgIpc) is 3.24. The second kappa shape index (κ2) is 34.0. The molecule has 2 heterocycles. The van der Waals surface area contributed by atoms with E-state index in [0.29, 0.717) is 12.8 Å². The monoisotopic (exact) mass is 860 g/mol. The van der Waals surface area contributed by atoms with Crippen LogP contribution in [0.5, 0.6) is 0 Å². The molecule has 14 heteroatoms. The molecule has 0 aliphatic carbocycles. The lowest BCUT2D eigenvalue weighted by atomic mass is 9.97. The standard InChI is InChI=1S/C46H85NO13/c1-3-5-6-7-8-9-10-11-12-13-14-15-16-17-18-19-20-21-22-23-24-25-26-27-28-30-35(50)34(47-38(51)29-4-2)33-57-45-43(56)41(54)44(37(32-49)59-45)60-46-42(55)40(53)39(52)36(31-48)58-46/h24-25,28,30,34-37,39-46,48-50,52-56H,3-23,26-27,29,31-33H2,1-2H3,(H,47,51)/b25-24+,30-28+. The van der Waals surface area contributed by atoms with E-state index in [-0.39, 0.29) is 18.9 Å². The maximum absolute atomic E-state index is 12.5. The molecular formula is C46H85NO13. The number of unbranched alkanes of at least 4 members (excludes halogenated alkanes) is 20. The minimum Gasteiger partial charge on any atom is -0.394 e. The van der Waals surface area contributed by atoms with Crippen LogP contribution in [-0.2, 0) is 23.7 Å². The second-order valence-electron chi connectivity index (χ2n) is 16.9. The number of rotatable bonds is 35. The molecule has 0 aromatic carbocycles. The van der Waals surface area contributed by atoms with Gasteiger partial charge in [-0.15, -0.1) is 0 Å². The SMILES string of the molecule is CCCCCCCCCCCCCCCCCCCCC/C=C/CC/C=C/C(O)C(COC1OC(CO)C(OC2OC(CO)C(O)C(O)C2O)C(O)C1O)NC(=O)CCC. The van der Waals surface area contributed by atoms with Gasteiger partial charge in [0.1, 0.15) is 48.8 Å². The summed E-state index contributed by atoms with van der Waals surface area (Å²) in [6.45, 7) is 2.39. The lowest BCUT2D eigenvalue weighted by Gasteiger charge is -2.46. The number of amides is 1. The fraction of sp³-hybridized carbons (Fsp3) is 0.891. The third-order valence-corrected chi connectivity index (χ3v) is 11.6. The predicted octanol–water partition coefficient (Wildman–Crippen LogP) is 4.99. The van der Waals surface area contributed by atoms with E-state index in [1.54, 1.807) is 6.08 Å². The van der Waals surface area contributed by atoms with Gasteiger partial charge in [0.2, 0.25) is 5.91 Å². The van der Waals surface area contributed by atoms with Crippen molar-refractivity contribution >= 4 is 5.91 Å². The van der Waals surface area contributed by atoms with Gasteiger partial charge in [0.25, 0.3) is 0 Å². The van der Waals surface area contributed by atoms with E-state index in [2.05, 4.69) is 24.4 Å². The summed E-state index contributed by atoms with van der Waals surface area (Å²) in [7, 11) is 0. The number of ether oxygens (including phenoxy) is 4. The highest BCUT2D eigenvalue weighted by molar-refractivity contribution is 5.76. The Morgan fingerprint density at radius 1 is 0.583 bits per heavy atom. The molecule has 2 rings (SSSR count). The van der Waals surface area contributed by atoms with Crippen LogP contribution in [0.2, 0.25) is 0 Å². The number of hydrogen-bond acceptors (Lipinski definition) is 13. The first-order valence-corrected chi connectivity index (χ1v) is 23.6.